The van der Waals surface area contributed by atoms with Crippen molar-refractivity contribution in [2.24, 2.45) is 0 Å². The summed E-state index contributed by atoms with van der Waals surface area (Å²) in [5.41, 5.74) is 0.442. The lowest BCUT2D eigenvalue weighted by atomic mass is 10.1. The van der Waals surface area contributed by atoms with Crippen LogP contribution in [0.1, 0.15) is 18.5 Å². The topological polar surface area (TPSA) is 21.3 Å². The van der Waals surface area contributed by atoms with Crippen LogP contribution < -0.4 is 10.1 Å². The molecule has 0 heterocycles. The van der Waals surface area contributed by atoms with Gasteiger partial charge in [-0.15, -0.1) is 0 Å². The molecular formula is C11H12F5NO. The first-order valence-electron chi connectivity index (χ1n) is 5.13. The molecule has 1 N–H and O–H groups in total. The standard InChI is InChI=1S/C11H12F5NO/c1-7(17-6-11(14,15)16)8-3-2-4-9(5-8)18-10(12)13/h2-5,7,10,17H,6H2,1H3. The molecule has 0 saturated carbocycles. The van der Waals surface area contributed by atoms with Gasteiger partial charge in [-0.3, -0.25) is 0 Å². The van der Waals surface area contributed by atoms with Gasteiger partial charge in [0.2, 0.25) is 0 Å². The maximum absolute atomic E-state index is 12.0. The Morgan fingerprint density at radius 2 is 1.94 bits per heavy atom. The smallest absolute Gasteiger partial charge is 0.401 e. The SMILES string of the molecule is CC(NCC(F)(F)F)c1cccc(OC(F)F)c1. The summed E-state index contributed by atoms with van der Waals surface area (Å²) in [6, 6.07) is 4.95. The molecular weight excluding hydrogens is 257 g/mol. The number of ether oxygens (including phenoxy) is 1. The van der Waals surface area contributed by atoms with E-state index >= 15 is 0 Å². The fraction of sp³-hybridized carbons (Fsp3) is 0.455. The first-order valence-corrected chi connectivity index (χ1v) is 5.13. The summed E-state index contributed by atoms with van der Waals surface area (Å²) in [6.45, 7) is -2.60. The van der Waals surface area contributed by atoms with Gasteiger partial charge in [-0.05, 0) is 24.6 Å². The van der Waals surface area contributed by atoms with Crippen LogP contribution in [0.25, 0.3) is 0 Å². The first-order chi connectivity index (χ1) is 8.28. The Morgan fingerprint density at radius 1 is 1.28 bits per heavy atom. The summed E-state index contributed by atoms with van der Waals surface area (Å²) in [7, 11) is 0. The van der Waals surface area contributed by atoms with Crippen molar-refractivity contribution in [2.75, 3.05) is 6.54 Å². The van der Waals surface area contributed by atoms with Crippen molar-refractivity contribution in [3.63, 3.8) is 0 Å². The summed E-state index contributed by atoms with van der Waals surface area (Å²) < 4.78 is 64.1. The summed E-state index contributed by atoms with van der Waals surface area (Å²) in [6.07, 6.45) is -4.31. The van der Waals surface area contributed by atoms with E-state index in [-0.39, 0.29) is 5.75 Å². The van der Waals surface area contributed by atoms with E-state index in [1.807, 2.05) is 0 Å². The van der Waals surface area contributed by atoms with Crippen molar-refractivity contribution >= 4 is 0 Å². The van der Waals surface area contributed by atoms with E-state index in [1.54, 1.807) is 0 Å². The predicted molar refractivity (Wildman–Crippen MR) is 55.5 cm³/mol. The molecule has 1 unspecified atom stereocenters. The van der Waals surface area contributed by atoms with Crippen molar-refractivity contribution in [1.29, 1.82) is 0 Å². The second-order valence-electron chi connectivity index (χ2n) is 3.67. The third kappa shape index (κ3) is 5.31. The quantitative estimate of drug-likeness (QED) is 0.826. The van der Waals surface area contributed by atoms with Crippen LogP contribution >= 0.6 is 0 Å². The van der Waals surface area contributed by atoms with Crippen LogP contribution in [-0.2, 0) is 0 Å². The molecule has 1 aromatic rings. The van der Waals surface area contributed by atoms with E-state index in [0.29, 0.717) is 5.56 Å². The molecule has 0 aliphatic heterocycles. The molecule has 0 radical (unpaired) electrons. The summed E-state index contributed by atoms with van der Waals surface area (Å²) in [5.74, 6) is -0.0804. The number of halogens is 5. The molecule has 0 aliphatic rings. The monoisotopic (exact) mass is 269 g/mol. The summed E-state index contributed by atoms with van der Waals surface area (Å²) in [5, 5.41) is 2.25. The van der Waals surface area contributed by atoms with Gasteiger partial charge in [-0.2, -0.15) is 22.0 Å². The summed E-state index contributed by atoms with van der Waals surface area (Å²) in [4.78, 5) is 0. The minimum absolute atomic E-state index is 0.0804. The Hall–Kier alpha value is -1.37. The van der Waals surface area contributed by atoms with Gasteiger partial charge in [0.15, 0.2) is 0 Å². The molecule has 7 heteroatoms. The molecule has 1 aromatic carbocycles. The highest BCUT2D eigenvalue weighted by Crippen LogP contribution is 2.22. The van der Waals surface area contributed by atoms with E-state index in [1.165, 1.54) is 31.2 Å². The van der Waals surface area contributed by atoms with Crippen molar-refractivity contribution in [3.8, 4) is 5.75 Å². The van der Waals surface area contributed by atoms with Crippen molar-refractivity contribution < 1.29 is 26.7 Å². The van der Waals surface area contributed by atoms with Gasteiger partial charge in [0.25, 0.3) is 0 Å². The zero-order valence-electron chi connectivity index (χ0n) is 9.47. The number of alkyl halides is 5. The molecule has 102 valence electrons. The Balaban J connectivity index is 2.65. The van der Waals surface area contributed by atoms with E-state index in [9.17, 15) is 22.0 Å². The fourth-order valence-corrected chi connectivity index (χ4v) is 1.35. The second kappa shape index (κ2) is 5.99. The Morgan fingerprint density at radius 3 is 2.50 bits per heavy atom. The lowest BCUT2D eigenvalue weighted by Crippen LogP contribution is -2.30. The number of benzene rings is 1. The highest BCUT2D eigenvalue weighted by Gasteiger charge is 2.27. The lowest BCUT2D eigenvalue weighted by molar-refractivity contribution is -0.126. The molecule has 2 nitrogen and oxygen atoms in total. The van der Waals surface area contributed by atoms with Gasteiger partial charge < -0.3 is 10.1 Å². The van der Waals surface area contributed by atoms with Crippen LogP contribution in [0.15, 0.2) is 24.3 Å². The molecule has 0 amide bonds. The number of nitrogens with one attached hydrogen (secondary N) is 1. The fourth-order valence-electron chi connectivity index (χ4n) is 1.35. The van der Waals surface area contributed by atoms with Crippen LogP contribution in [0.3, 0.4) is 0 Å². The van der Waals surface area contributed by atoms with Gasteiger partial charge in [-0.1, -0.05) is 12.1 Å². The van der Waals surface area contributed by atoms with Gasteiger partial charge in [0, 0.05) is 6.04 Å². The highest BCUT2D eigenvalue weighted by molar-refractivity contribution is 5.30. The van der Waals surface area contributed by atoms with Gasteiger partial charge in [-0.25, -0.2) is 0 Å². The van der Waals surface area contributed by atoms with E-state index in [2.05, 4.69) is 10.1 Å². The molecule has 0 spiro atoms. The third-order valence-electron chi connectivity index (χ3n) is 2.19. The molecule has 0 aliphatic carbocycles. The molecule has 0 aromatic heterocycles. The average Bonchev–Trinajstić information content (AvgIpc) is 2.24. The molecule has 1 atom stereocenters. The van der Waals surface area contributed by atoms with Crippen LogP contribution in [0.2, 0.25) is 0 Å². The molecule has 1 rings (SSSR count). The normalized spacial score (nSPS) is 13.7. The van der Waals surface area contributed by atoms with E-state index in [4.69, 9.17) is 0 Å². The Bertz CT molecular complexity index is 380. The number of rotatable bonds is 5. The van der Waals surface area contributed by atoms with Gasteiger partial charge >= 0.3 is 12.8 Å². The Kier molecular flexibility index (Phi) is 4.89. The zero-order chi connectivity index (χ0) is 13.8. The number of hydrogen-bond acceptors (Lipinski definition) is 2. The maximum Gasteiger partial charge on any atom is 0.401 e. The highest BCUT2D eigenvalue weighted by atomic mass is 19.4. The van der Waals surface area contributed by atoms with Crippen LogP contribution in [0.4, 0.5) is 22.0 Å². The molecule has 0 saturated heterocycles. The van der Waals surface area contributed by atoms with Crippen molar-refractivity contribution in [3.05, 3.63) is 29.8 Å². The second-order valence-corrected chi connectivity index (χ2v) is 3.67. The van der Waals surface area contributed by atoms with E-state index in [0.717, 1.165) is 0 Å². The maximum atomic E-state index is 12.0. The molecule has 18 heavy (non-hydrogen) atoms. The largest absolute Gasteiger partial charge is 0.435 e. The third-order valence-corrected chi connectivity index (χ3v) is 2.19. The van der Waals surface area contributed by atoms with Gasteiger partial charge in [0.05, 0.1) is 6.54 Å². The number of hydrogen-bond donors (Lipinski definition) is 1. The Labute approximate surface area is 101 Å². The van der Waals surface area contributed by atoms with Gasteiger partial charge in [0.1, 0.15) is 5.75 Å². The van der Waals surface area contributed by atoms with Crippen LogP contribution in [0.5, 0.6) is 5.75 Å². The minimum atomic E-state index is -4.31. The van der Waals surface area contributed by atoms with Crippen molar-refractivity contribution in [2.45, 2.75) is 25.8 Å². The molecule has 0 fully saturated rings. The minimum Gasteiger partial charge on any atom is -0.435 e. The predicted octanol–water partition coefficient (Wildman–Crippen LogP) is 3.50. The summed E-state index contributed by atoms with van der Waals surface area (Å²) >= 11 is 0. The molecule has 0 bridgehead atoms. The average molecular weight is 269 g/mol. The van der Waals surface area contributed by atoms with Crippen molar-refractivity contribution in [1.82, 2.24) is 5.32 Å². The van der Waals surface area contributed by atoms with Crippen LogP contribution in [-0.4, -0.2) is 19.3 Å². The lowest BCUT2D eigenvalue weighted by Gasteiger charge is -2.16. The zero-order valence-corrected chi connectivity index (χ0v) is 9.47. The first kappa shape index (κ1) is 14.7. The van der Waals surface area contributed by atoms with Crippen LogP contribution in [0, 0.1) is 0 Å². The van der Waals surface area contributed by atoms with E-state index < -0.39 is 25.4 Å².